The Morgan fingerprint density at radius 2 is 2.10 bits per heavy atom. The molecular formula is C15H14N2O3S. The highest BCUT2D eigenvalue weighted by Crippen LogP contribution is 2.19. The molecule has 1 heterocycles. The van der Waals surface area contributed by atoms with Gasteiger partial charge in [0, 0.05) is 11.8 Å². The third-order valence-corrected chi connectivity index (χ3v) is 3.74. The maximum Gasteiger partial charge on any atom is 0.328 e. The Labute approximate surface area is 126 Å². The number of carbonyl (C=O) groups excluding carboxylic acids is 1. The van der Waals surface area contributed by atoms with Crippen molar-refractivity contribution in [1.82, 2.24) is 4.98 Å². The molecule has 0 aliphatic carbocycles. The van der Waals surface area contributed by atoms with E-state index in [1.165, 1.54) is 17.4 Å². The van der Waals surface area contributed by atoms with Gasteiger partial charge in [-0.3, -0.25) is 4.79 Å². The summed E-state index contributed by atoms with van der Waals surface area (Å²) in [5, 5.41) is 12.2. The average Bonchev–Trinajstić information content (AvgIpc) is 2.76. The SMILES string of the molecule is Cc1nc(C)c(C(=O)Nc2cccc(/C=C/C(=O)O)c2)s1. The van der Waals surface area contributed by atoms with Crippen molar-refractivity contribution in [2.45, 2.75) is 13.8 Å². The van der Waals surface area contributed by atoms with Crippen LogP contribution in [0.2, 0.25) is 0 Å². The third-order valence-electron chi connectivity index (χ3n) is 2.67. The molecule has 0 fully saturated rings. The number of aliphatic carboxylic acids is 1. The smallest absolute Gasteiger partial charge is 0.328 e. The summed E-state index contributed by atoms with van der Waals surface area (Å²) >= 11 is 1.35. The average molecular weight is 302 g/mol. The van der Waals surface area contributed by atoms with Gasteiger partial charge in [-0.1, -0.05) is 12.1 Å². The number of rotatable bonds is 4. The van der Waals surface area contributed by atoms with Gasteiger partial charge in [-0.05, 0) is 37.6 Å². The summed E-state index contributed by atoms with van der Waals surface area (Å²) in [5.41, 5.74) is 2.02. The van der Waals surface area contributed by atoms with E-state index in [-0.39, 0.29) is 5.91 Å². The molecule has 1 aromatic carbocycles. The van der Waals surface area contributed by atoms with Crippen molar-refractivity contribution in [1.29, 1.82) is 0 Å². The van der Waals surface area contributed by atoms with Crippen LogP contribution in [0.15, 0.2) is 30.3 Å². The van der Waals surface area contributed by atoms with Crippen molar-refractivity contribution in [3.8, 4) is 0 Å². The van der Waals surface area contributed by atoms with Crippen LogP contribution < -0.4 is 5.32 Å². The molecule has 0 bridgehead atoms. The summed E-state index contributed by atoms with van der Waals surface area (Å²) in [5.74, 6) is -1.22. The zero-order chi connectivity index (χ0) is 15.4. The lowest BCUT2D eigenvalue weighted by Gasteiger charge is -2.05. The molecule has 0 atom stereocenters. The molecular weight excluding hydrogens is 288 g/mol. The lowest BCUT2D eigenvalue weighted by Crippen LogP contribution is -2.11. The van der Waals surface area contributed by atoms with E-state index in [1.807, 2.05) is 6.92 Å². The third kappa shape index (κ3) is 4.00. The molecule has 2 rings (SSSR count). The molecule has 0 radical (unpaired) electrons. The Morgan fingerprint density at radius 1 is 1.33 bits per heavy atom. The van der Waals surface area contributed by atoms with Gasteiger partial charge in [0.15, 0.2) is 0 Å². The van der Waals surface area contributed by atoms with E-state index in [2.05, 4.69) is 10.3 Å². The van der Waals surface area contributed by atoms with Gasteiger partial charge in [-0.15, -0.1) is 11.3 Å². The monoisotopic (exact) mass is 302 g/mol. The molecule has 0 saturated carbocycles. The summed E-state index contributed by atoms with van der Waals surface area (Å²) in [6, 6.07) is 6.97. The van der Waals surface area contributed by atoms with Crippen LogP contribution in [0, 0.1) is 13.8 Å². The Balaban J connectivity index is 2.16. The normalized spacial score (nSPS) is 10.8. The van der Waals surface area contributed by atoms with E-state index >= 15 is 0 Å². The predicted octanol–water partition coefficient (Wildman–Crippen LogP) is 3.11. The number of thiazole rings is 1. The van der Waals surface area contributed by atoms with E-state index in [4.69, 9.17) is 5.11 Å². The Hall–Kier alpha value is -2.47. The minimum atomic E-state index is -1.01. The van der Waals surface area contributed by atoms with Crippen molar-refractivity contribution in [3.63, 3.8) is 0 Å². The van der Waals surface area contributed by atoms with Gasteiger partial charge in [0.1, 0.15) is 4.88 Å². The summed E-state index contributed by atoms with van der Waals surface area (Å²) in [4.78, 5) is 27.5. The fourth-order valence-electron chi connectivity index (χ4n) is 1.82. The molecule has 0 unspecified atom stereocenters. The Morgan fingerprint density at radius 3 is 2.71 bits per heavy atom. The predicted molar refractivity (Wildman–Crippen MR) is 82.7 cm³/mol. The van der Waals surface area contributed by atoms with Crippen LogP contribution in [-0.4, -0.2) is 22.0 Å². The zero-order valence-corrected chi connectivity index (χ0v) is 12.4. The minimum absolute atomic E-state index is 0.211. The Bertz CT molecular complexity index is 719. The number of carboxylic acid groups (broad SMARTS) is 1. The van der Waals surface area contributed by atoms with E-state index < -0.39 is 5.97 Å². The molecule has 2 N–H and O–H groups in total. The number of aromatic nitrogens is 1. The number of anilines is 1. The minimum Gasteiger partial charge on any atom is -0.478 e. The van der Waals surface area contributed by atoms with Crippen molar-refractivity contribution < 1.29 is 14.7 Å². The first-order valence-corrected chi connectivity index (χ1v) is 7.04. The molecule has 1 aromatic heterocycles. The van der Waals surface area contributed by atoms with Gasteiger partial charge in [-0.2, -0.15) is 0 Å². The van der Waals surface area contributed by atoms with Crippen molar-refractivity contribution in [2.24, 2.45) is 0 Å². The number of benzene rings is 1. The number of amides is 1. The number of nitrogens with one attached hydrogen (secondary N) is 1. The quantitative estimate of drug-likeness (QED) is 0.850. The molecule has 6 heteroatoms. The van der Waals surface area contributed by atoms with Crippen LogP contribution in [0.1, 0.15) is 25.9 Å². The Kier molecular flexibility index (Phi) is 4.49. The number of hydrogen-bond acceptors (Lipinski definition) is 4. The standard InChI is InChI=1S/C15H14N2O3S/c1-9-14(21-10(2)16-9)15(20)17-12-5-3-4-11(8-12)6-7-13(18)19/h3-8H,1-2H3,(H,17,20)(H,18,19)/b7-6+. The van der Waals surface area contributed by atoms with E-state index in [9.17, 15) is 9.59 Å². The van der Waals surface area contributed by atoms with E-state index in [0.29, 0.717) is 21.8 Å². The van der Waals surface area contributed by atoms with Gasteiger partial charge in [0.05, 0.1) is 10.7 Å². The summed E-state index contributed by atoms with van der Waals surface area (Å²) in [6.45, 7) is 3.65. The van der Waals surface area contributed by atoms with Crippen molar-refractivity contribution in [3.05, 3.63) is 51.5 Å². The number of hydrogen-bond donors (Lipinski definition) is 2. The number of nitrogens with zero attached hydrogens (tertiary/aromatic N) is 1. The lowest BCUT2D eigenvalue weighted by atomic mass is 10.2. The second-order valence-electron chi connectivity index (χ2n) is 4.40. The largest absolute Gasteiger partial charge is 0.478 e. The fraction of sp³-hybridized carbons (Fsp3) is 0.133. The van der Waals surface area contributed by atoms with Crippen LogP contribution >= 0.6 is 11.3 Å². The van der Waals surface area contributed by atoms with Crippen LogP contribution in [0.5, 0.6) is 0 Å². The van der Waals surface area contributed by atoms with Gasteiger partial charge in [-0.25, -0.2) is 9.78 Å². The number of aryl methyl sites for hydroxylation is 2. The molecule has 108 valence electrons. The maximum absolute atomic E-state index is 12.2. The highest BCUT2D eigenvalue weighted by Gasteiger charge is 2.13. The summed E-state index contributed by atoms with van der Waals surface area (Å²) in [6.07, 6.45) is 2.53. The van der Waals surface area contributed by atoms with Gasteiger partial charge < -0.3 is 10.4 Å². The highest BCUT2D eigenvalue weighted by molar-refractivity contribution is 7.13. The molecule has 1 amide bonds. The van der Waals surface area contributed by atoms with E-state index in [1.54, 1.807) is 31.2 Å². The molecule has 0 spiro atoms. The first kappa shape index (κ1) is 14.9. The molecule has 0 aliphatic rings. The van der Waals surface area contributed by atoms with Crippen LogP contribution in [0.25, 0.3) is 6.08 Å². The zero-order valence-electron chi connectivity index (χ0n) is 11.6. The van der Waals surface area contributed by atoms with Gasteiger partial charge in [0.25, 0.3) is 5.91 Å². The number of carbonyl (C=O) groups is 2. The topological polar surface area (TPSA) is 79.3 Å². The van der Waals surface area contributed by atoms with Gasteiger partial charge >= 0.3 is 5.97 Å². The summed E-state index contributed by atoms with van der Waals surface area (Å²) < 4.78 is 0. The van der Waals surface area contributed by atoms with E-state index in [0.717, 1.165) is 11.1 Å². The first-order chi connectivity index (χ1) is 9.95. The van der Waals surface area contributed by atoms with Crippen LogP contribution in [0.4, 0.5) is 5.69 Å². The lowest BCUT2D eigenvalue weighted by molar-refractivity contribution is -0.131. The molecule has 5 nitrogen and oxygen atoms in total. The first-order valence-electron chi connectivity index (χ1n) is 6.22. The van der Waals surface area contributed by atoms with Crippen LogP contribution in [-0.2, 0) is 4.79 Å². The molecule has 0 aliphatic heterocycles. The molecule has 0 saturated heterocycles. The van der Waals surface area contributed by atoms with Crippen molar-refractivity contribution in [2.75, 3.05) is 5.32 Å². The van der Waals surface area contributed by atoms with Crippen molar-refractivity contribution >= 4 is 35.0 Å². The van der Waals surface area contributed by atoms with Crippen LogP contribution in [0.3, 0.4) is 0 Å². The summed E-state index contributed by atoms with van der Waals surface area (Å²) in [7, 11) is 0. The number of carboxylic acids is 1. The molecule has 21 heavy (non-hydrogen) atoms. The highest BCUT2D eigenvalue weighted by atomic mass is 32.1. The fourth-order valence-corrected chi connectivity index (χ4v) is 2.63. The van der Waals surface area contributed by atoms with Gasteiger partial charge in [0.2, 0.25) is 0 Å². The maximum atomic E-state index is 12.2. The molecule has 2 aromatic rings. The second kappa shape index (κ2) is 6.32. The second-order valence-corrected chi connectivity index (χ2v) is 5.60.